The minimum absolute atomic E-state index is 0.286. The van der Waals surface area contributed by atoms with Gasteiger partial charge in [-0.3, -0.25) is 9.69 Å². The summed E-state index contributed by atoms with van der Waals surface area (Å²) in [5.41, 5.74) is 0.751. The molecule has 1 aliphatic rings. The van der Waals surface area contributed by atoms with E-state index in [1.165, 1.54) is 23.1 Å². The van der Waals surface area contributed by atoms with Crippen LogP contribution >= 0.6 is 0 Å². The molecular formula is C15H19FN2O3. The second kappa shape index (κ2) is 6.56. The van der Waals surface area contributed by atoms with Crippen LogP contribution in [-0.2, 0) is 9.53 Å². The molecule has 1 aromatic rings. The normalized spacial score (nSPS) is 17.2. The number of nitrogens with zero attached hydrogens (tertiary/aromatic N) is 1. The molecule has 0 saturated heterocycles. The standard InChI is InChI=1S/C15H19FN2O3/c1-3-5-8-21-15(20)18-12(4-2)14(19)17-11-7-6-10(16)9-13(11)18/h6-7,9,12H,3-5,8H2,1-2H3,(H,17,19)/t12-/m0/s1. The zero-order chi connectivity index (χ0) is 15.4. The van der Waals surface area contributed by atoms with Gasteiger partial charge in [0.15, 0.2) is 0 Å². The molecule has 0 bridgehead atoms. The summed E-state index contributed by atoms with van der Waals surface area (Å²) in [6, 6.07) is 3.24. The van der Waals surface area contributed by atoms with Crippen molar-refractivity contribution >= 4 is 23.4 Å². The number of carbonyl (C=O) groups excluding carboxylic acids is 2. The first kappa shape index (κ1) is 15.3. The van der Waals surface area contributed by atoms with Gasteiger partial charge in [-0.05, 0) is 31.0 Å². The molecule has 5 nitrogen and oxygen atoms in total. The Morgan fingerprint density at radius 3 is 2.86 bits per heavy atom. The largest absolute Gasteiger partial charge is 0.449 e. The summed E-state index contributed by atoms with van der Waals surface area (Å²) in [4.78, 5) is 25.6. The molecule has 0 aliphatic carbocycles. The fraction of sp³-hybridized carbons (Fsp3) is 0.467. The number of halogens is 1. The summed E-state index contributed by atoms with van der Waals surface area (Å²) < 4.78 is 18.7. The Kier molecular flexibility index (Phi) is 4.77. The number of amides is 2. The minimum Gasteiger partial charge on any atom is -0.449 e. The summed E-state index contributed by atoms with van der Waals surface area (Å²) >= 11 is 0. The number of unbranched alkanes of at least 4 members (excludes halogenated alkanes) is 1. The number of fused-ring (bicyclic) bond motifs is 1. The SMILES string of the molecule is CCCCOC(=O)N1c2cc(F)ccc2NC(=O)[C@@H]1CC. The van der Waals surface area contributed by atoms with Crippen LogP contribution in [0.15, 0.2) is 18.2 Å². The highest BCUT2D eigenvalue weighted by Gasteiger charge is 2.36. The molecule has 0 spiro atoms. The Morgan fingerprint density at radius 1 is 1.43 bits per heavy atom. The van der Waals surface area contributed by atoms with Gasteiger partial charge in [0, 0.05) is 0 Å². The molecule has 2 rings (SSSR count). The van der Waals surface area contributed by atoms with E-state index < -0.39 is 18.0 Å². The van der Waals surface area contributed by atoms with E-state index in [0.717, 1.165) is 12.8 Å². The van der Waals surface area contributed by atoms with Crippen LogP contribution < -0.4 is 10.2 Å². The molecule has 6 heteroatoms. The molecule has 21 heavy (non-hydrogen) atoms. The van der Waals surface area contributed by atoms with E-state index in [2.05, 4.69) is 5.32 Å². The molecule has 1 aromatic carbocycles. The summed E-state index contributed by atoms with van der Waals surface area (Å²) in [5.74, 6) is -0.754. The Hall–Kier alpha value is -2.11. The highest BCUT2D eigenvalue weighted by atomic mass is 19.1. The van der Waals surface area contributed by atoms with Crippen molar-refractivity contribution < 1.29 is 18.7 Å². The van der Waals surface area contributed by atoms with Gasteiger partial charge in [-0.25, -0.2) is 9.18 Å². The quantitative estimate of drug-likeness (QED) is 0.867. The van der Waals surface area contributed by atoms with Gasteiger partial charge in [-0.15, -0.1) is 0 Å². The van der Waals surface area contributed by atoms with Gasteiger partial charge in [0.05, 0.1) is 18.0 Å². The maximum Gasteiger partial charge on any atom is 0.415 e. The molecule has 0 radical (unpaired) electrons. The Balaban J connectivity index is 2.32. The molecule has 1 N–H and O–H groups in total. The van der Waals surface area contributed by atoms with Crippen molar-refractivity contribution in [2.24, 2.45) is 0 Å². The first-order valence-corrected chi connectivity index (χ1v) is 7.14. The highest BCUT2D eigenvalue weighted by Crippen LogP contribution is 2.34. The van der Waals surface area contributed by atoms with Crippen LogP contribution in [0, 0.1) is 5.82 Å². The van der Waals surface area contributed by atoms with Crippen LogP contribution in [-0.4, -0.2) is 24.6 Å². The molecule has 2 amide bonds. The predicted octanol–water partition coefficient (Wildman–Crippen LogP) is 3.30. The molecular weight excluding hydrogens is 275 g/mol. The number of hydrogen-bond acceptors (Lipinski definition) is 3. The van der Waals surface area contributed by atoms with E-state index >= 15 is 0 Å². The summed E-state index contributed by atoms with van der Waals surface area (Å²) in [7, 11) is 0. The van der Waals surface area contributed by atoms with Crippen LogP contribution in [0.4, 0.5) is 20.6 Å². The lowest BCUT2D eigenvalue weighted by Crippen LogP contribution is -2.51. The lowest BCUT2D eigenvalue weighted by Gasteiger charge is -2.35. The number of nitrogens with one attached hydrogen (secondary N) is 1. The molecule has 0 saturated carbocycles. The number of benzene rings is 1. The van der Waals surface area contributed by atoms with Crippen molar-refractivity contribution in [1.82, 2.24) is 0 Å². The van der Waals surface area contributed by atoms with Crippen molar-refractivity contribution in [2.45, 2.75) is 39.2 Å². The van der Waals surface area contributed by atoms with Gasteiger partial charge in [0.25, 0.3) is 0 Å². The van der Waals surface area contributed by atoms with Gasteiger partial charge in [0.2, 0.25) is 5.91 Å². The van der Waals surface area contributed by atoms with Crippen LogP contribution in [0.5, 0.6) is 0 Å². The third-order valence-corrected chi connectivity index (χ3v) is 3.40. The third-order valence-electron chi connectivity index (χ3n) is 3.40. The van der Waals surface area contributed by atoms with Gasteiger partial charge >= 0.3 is 6.09 Å². The maximum atomic E-state index is 13.5. The monoisotopic (exact) mass is 294 g/mol. The number of ether oxygens (including phenoxy) is 1. The van der Waals surface area contributed by atoms with Crippen LogP contribution in [0.2, 0.25) is 0 Å². The zero-order valence-corrected chi connectivity index (χ0v) is 12.2. The van der Waals surface area contributed by atoms with Crippen molar-refractivity contribution in [3.8, 4) is 0 Å². The Morgan fingerprint density at radius 2 is 2.19 bits per heavy atom. The lowest BCUT2D eigenvalue weighted by molar-refractivity contribution is -0.117. The van der Waals surface area contributed by atoms with Crippen molar-refractivity contribution in [3.05, 3.63) is 24.0 Å². The summed E-state index contributed by atoms with van der Waals surface area (Å²) in [6.45, 7) is 4.07. The van der Waals surface area contributed by atoms with Crippen LogP contribution in [0.3, 0.4) is 0 Å². The minimum atomic E-state index is -0.687. The van der Waals surface area contributed by atoms with E-state index in [1.54, 1.807) is 6.92 Å². The van der Waals surface area contributed by atoms with E-state index in [9.17, 15) is 14.0 Å². The Bertz CT molecular complexity index is 548. The summed E-state index contributed by atoms with van der Waals surface area (Å²) in [5, 5.41) is 2.69. The lowest BCUT2D eigenvalue weighted by atomic mass is 10.1. The fourth-order valence-electron chi connectivity index (χ4n) is 2.28. The smallest absolute Gasteiger partial charge is 0.415 e. The predicted molar refractivity (Wildman–Crippen MR) is 77.8 cm³/mol. The molecule has 1 heterocycles. The first-order chi connectivity index (χ1) is 10.1. The first-order valence-electron chi connectivity index (χ1n) is 7.14. The highest BCUT2D eigenvalue weighted by molar-refractivity contribution is 6.10. The van der Waals surface area contributed by atoms with Crippen LogP contribution in [0.25, 0.3) is 0 Å². The number of rotatable bonds is 4. The van der Waals surface area contributed by atoms with E-state index in [4.69, 9.17) is 4.74 Å². The molecule has 1 aliphatic heterocycles. The molecule has 114 valence electrons. The second-order valence-corrected chi connectivity index (χ2v) is 4.91. The average molecular weight is 294 g/mol. The topological polar surface area (TPSA) is 58.6 Å². The number of carbonyl (C=O) groups is 2. The van der Waals surface area contributed by atoms with Gasteiger partial charge in [0.1, 0.15) is 11.9 Å². The second-order valence-electron chi connectivity index (χ2n) is 4.91. The molecule has 1 atom stereocenters. The molecule has 0 aromatic heterocycles. The van der Waals surface area contributed by atoms with Crippen LogP contribution in [0.1, 0.15) is 33.1 Å². The van der Waals surface area contributed by atoms with Gasteiger partial charge in [-0.1, -0.05) is 20.3 Å². The third kappa shape index (κ3) is 3.15. The van der Waals surface area contributed by atoms with Gasteiger partial charge < -0.3 is 10.1 Å². The van der Waals surface area contributed by atoms with Gasteiger partial charge in [-0.2, -0.15) is 0 Å². The fourth-order valence-corrected chi connectivity index (χ4v) is 2.28. The maximum absolute atomic E-state index is 13.5. The van der Waals surface area contributed by atoms with E-state index in [1.807, 2.05) is 6.92 Å². The zero-order valence-electron chi connectivity index (χ0n) is 12.2. The van der Waals surface area contributed by atoms with E-state index in [0.29, 0.717) is 17.8 Å². The average Bonchev–Trinajstić information content (AvgIpc) is 2.46. The summed E-state index contributed by atoms with van der Waals surface area (Å²) in [6.07, 6.45) is 1.45. The van der Waals surface area contributed by atoms with E-state index in [-0.39, 0.29) is 12.5 Å². The molecule has 0 unspecified atom stereocenters. The van der Waals surface area contributed by atoms with Crippen molar-refractivity contribution in [1.29, 1.82) is 0 Å². The molecule has 0 fully saturated rings. The van der Waals surface area contributed by atoms with Crippen molar-refractivity contribution in [3.63, 3.8) is 0 Å². The van der Waals surface area contributed by atoms with Crippen molar-refractivity contribution in [2.75, 3.05) is 16.8 Å². The number of hydrogen-bond donors (Lipinski definition) is 1. The number of anilines is 2. The Labute approximate surface area is 123 Å².